The van der Waals surface area contributed by atoms with Gasteiger partial charge in [0.2, 0.25) is 0 Å². The maximum Gasteiger partial charge on any atom is 0.340 e. The third-order valence-electron chi connectivity index (χ3n) is 4.40. The van der Waals surface area contributed by atoms with E-state index >= 15 is 0 Å². The largest absolute Gasteiger partial charge is 0.465 e. The van der Waals surface area contributed by atoms with E-state index < -0.39 is 0 Å². The standard InChI is InChI=1S/C15H18Br2N2O2/c1-21-15(20)10-7-9(16)8-11(17)14(10)18-12-4-6-19-5-2-3-13(12)19/h7-8,12-13,18H,2-6H2,1H3. The summed E-state index contributed by atoms with van der Waals surface area (Å²) in [6, 6.07) is 4.75. The minimum Gasteiger partial charge on any atom is -0.465 e. The van der Waals surface area contributed by atoms with Crippen LogP contribution in [0.15, 0.2) is 21.1 Å². The normalized spacial score (nSPS) is 24.9. The van der Waals surface area contributed by atoms with Crippen molar-refractivity contribution in [3.63, 3.8) is 0 Å². The monoisotopic (exact) mass is 416 g/mol. The van der Waals surface area contributed by atoms with Crippen LogP contribution in [0.25, 0.3) is 0 Å². The van der Waals surface area contributed by atoms with E-state index in [1.807, 2.05) is 6.07 Å². The molecule has 2 fully saturated rings. The zero-order chi connectivity index (χ0) is 15.0. The molecule has 3 rings (SSSR count). The number of fused-ring (bicyclic) bond motifs is 1. The van der Waals surface area contributed by atoms with Crippen LogP contribution in [-0.2, 0) is 4.74 Å². The molecular formula is C15H18Br2N2O2. The SMILES string of the molecule is COC(=O)c1cc(Br)cc(Br)c1NC1CCN2CCCC12. The number of ether oxygens (including phenoxy) is 1. The molecule has 0 saturated carbocycles. The summed E-state index contributed by atoms with van der Waals surface area (Å²) < 4.78 is 6.65. The van der Waals surface area contributed by atoms with Gasteiger partial charge >= 0.3 is 5.97 Å². The van der Waals surface area contributed by atoms with E-state index in [0.717, 1.165) is 27.6 Å². The summed E-state index contributed by atoms with van der Waals surface area (Å²) in [6.45, 7) is 2.35. The topological polar surface area (TPSA) is 41.6 Å². The fraction of sp³-hybridized carbons (Fsp3) is 0.533. The van der Waals surface area contributed by atoms with Gasteiger partial charge in [0.25, 0.3) is 0 Å². The first-order valence-corrected chi connectivity index (χ1v) is 8.76. The molecule has 1 aromatic carbocycles. The second-order valence-electron chi connectivity index (χ2n) is 5.59. The summed E-state index contributed by atoms with van der Waals surface area (Å²) in [7, 11) is 1.41. The summed E-state index contributed by atoms with van der Waals surface area (Å²) in [5.74, 6) is -0.319. The molecule has 0 aromatic heterocycles. The van der Waals surface area contributed by atoms with Gasteiger partial charge in [-0.05, 0) is 53.9 Å². The third kappa shape index (κ3) is 2.98. The number of hydrogen-bond acceptors (Lipinski definition) is 4. The van der Waals surface area contributed by atoms with Crippen molar-refractivity contribution in [3.05, 3.63) is 26.6 Å². The average Bonchev–Trinajstić information content (AvgIpc) is 3.05. The minimum atomic E-state index is -0.319. The summed E-state index contributed by atoms with van der Waals surface area (Å²) in [4.78, 5) is 14.6. The Labute approximate surface area is 141 Å². The van der Waals surface area contributed by atoms with Crippen LogP contribution in [0, 0.1) is 0 Å². The van der Waals surface area contributed by atoms with E-state index in [1.165, 1.54) is 26.5 Å². The molecule has 0 radical (unpaired) electrons. The molecule has 0 aliphatic carbocycles. The smallest absolute Gasteiger partial charge is 0.340 e. The second-order valence-corrected chi connectivity index (χ2v) is 7.36. The first kappa shape index (κ1) is 15.3. The second kappa shape index (κ2) is 6.26. The highest BCUT2D eigenvalue weighted by Gasteiger charge is 2.37. The molecule has 2 aliphatic heterocycles. The molecule has 1 N–H and O–H groups in total. The van der Waals surface area contributed by atoms with Gasteiger partial charge in [-0.3, -0.25) is 4.90 Å². The van der Waals surface area contributed by atoms with Gasteiger partial charge in [-0.25, -0.2) is 4.79 Å². The first-order chi connectivity index (χ1) is 10.1. The first-order valence-electron chi connectivity index (χ1n) is 7.18. The molecule has 0 amide bonds. The third-order valence-corrected chi connectivity index (χ3v) is 5.48. The number of methoxy groups -OCH3 is 1. The molecule has 2 aliphatic rings. The van der Waals surface area contributed by atoms with Crippen LogP contribution < -0.4 is 5.32 Å². The highest BCUT2D eigenvalue weighted by molar-refractivity contribution is 9.11. The van der Waals surface area contributed by atoms with Crippen molar-refractivity contribution in [2.45, 2.75) is 31.3 Å². The quantitative estimate of drug-likeness (QED) is 0.762. The number of halogens is 2. The lowest BCUT2D eigenvalue weighted by molar-refractivity contribution is 0.0601. The number of carbonyl (C=O) groups excluding carboxylic acids is 1. The zero-order valence-corrected chi connectivity index (χ0v) is 15.0. The minimum absolute atomic E-state index is 0.319. The Morgan fingerprint density at radius 2 is 2.14 bits per heavy atom. The number of anilines is 1. The molecule has 114 valence electrons. The van der Waals surface area contributed by atoms with Crippen molar-refractivity contribution in [1.29, 1.82) is 0 Å². The Hall–Kier alpha value is -0.590. The highest BCUT2D eigenvalue weighted by Crippen LogP contribution is 2.35. The number of hydrogen-bond donors (Lipinski definition) is 1. The lowest BCUT2D eigenvalue weighted by Crippen LogP contribution is -2.34. The molecule has 4 nitrogen and oxygen atoms in total. The number of esters is 1. The van der Waals surface area contributed by atoms with Crippen molar-refractivity contribution in [3.8, 4) is 0 Å². The van der Waals surface area contributed by atoms with Gasteiger partial charge in [-0.2, -0.15) is 0 Å². The van der Waals surface area contributed by atoms with Gasteiger partial charge < -0.3 is 10.1 Å². The van der Waals surface area contributed by atoms with E-state index in [2.05, 4.69) is 42.1 Å². The van der Waals surface area contributed by atoms with Crippen LogP contribution in [0.4, 0.5) is 5.69 Å². The molecule has 1 aromatic rings. The predicted octanol–water partition coefficient (Wildman–Crippen LogP) is 3.65. The van der Waals surface area contributed by atoms with Crippen LogP contribution in [0.1, 0.15) is 29.6 Å². The Balaban J connectivity index is 1.89. The molecule has 2 atom stereocenters. The van der Waals surface area contributed by atoms with Crippen molar-refractivity contribution >= 4 is 43.5 Å². The Bertz CT molecular complexity index is 565. The molecule has 0 spiro atoms. The summed E-state index contributed by atoms with van der Waals surface area (Å²) >= 11 is 6.99. The van der Waals surface area contributed by atoms with Crippen molar-refractivity contribution in [1.82, 2.24) is 4.90 Å². The molecule has 2 unspecified atom stereocenters. The molecule has 0 bridgehead atoms. The summed E-state index contributed by atoms with van der Waals surface area (Å²) in [5, 5.41) is 3.58. The van der Waals surface area contributed by atoms with Crippen molar-refractivity contribution < 1.29 is 9.53 Å². The Morgan fingerprint density at radius 3 is 2.90 bits per heavy atom. The Morgan fingerprint density at radius 1 is 1.33 bits per heavy atom. The number of nitrogens with zero attached hydrogens (tertiary/aromatic N) is 1. The van der Waals surface area contributed by atoms with Crippen LogP contribution >= 0.6 is 31.9 Å². The van der Waals surface area contributed by atoms with Crippen LogP contribution in [-0.4, -0.2) is 43.2 Å². The molecule has 21 heavy (non-hydrogen) atoms. The van der Waals surface area contributed by atoms with E-state index in [4.69, 9.17) is 4.74 Å². The number of rotatable bonds is 3. The predicted molar refractivity (Wildman–Crippen MR) is 89.8 cm³/mol. The lowest BCUT2D eigenvalue weighted by Gasteiger charge is -2.24. The van der Waals surface area contributed by atoms with Crippen molar-refractivity contribution in [2.75, 3.05) is 25.5 Å². The number of nitrogens with one attached hydrogen (secondary N) is 1. The van der Waals surface area contributed by atoms with Gasteiger partial charge in [0, 0.05) is 27.6 Å². The molecule has 2 heterocycles. The van der Waals surface area contributed by atoms with Crippen LogP contribution in [0.3, 0.4) is 0 Å². The van der Waals surface area contributed by atoms with Gasteiger partial charge in [0.05, 0.1) is 18.4 Å². The maximum atomic E-state index is 12.0. The van der Waals surface area contributed by atoms with Crippen molar-refractivity contribution in [2.24, 2.45) is 0 Å². The zero-order valence-electron chi connectivity index (χ0n) is 11.9. The lowest BCUT2D eigenvalue weighted by atomic mass is 10.1. The van der Waals surface area contributed by atoms with Crippen LogP contribution in [0.5, 0.6) is 0 Å². The number of carbonyl (C=O) groups is 1. The van der Waals surface area contributed by atoms with Gasteiger partial charge in [-0.1, -0.05) is 15.9 Å². The van der Waals surface area contributed by atoms with E-state index in [9.17, 15) is 4.79 Å². The van der Waals surface area contributed by atoms with E-state index in [1.54, 1.807) is 6.07 Å². The summed E-state index contributed by atoms with van der Waals surface area (Å²) in [6.07, 6.45) is 3.63. The fourth-order valence-corrected chi connectivity index (χ4v) is 4.77. The van der Waals surface area contributed by atoms with E-state index in [-0.39, 0.29) is 5.97 Å². The highest BCUT2D eigenvalue weighted by atomic mass is 79.9. The van der Waals surface area contributed by atoms with Crippen LogP contribution in [0.2, 0.25) is 0 Å². The fourth-order valence-electron chi connectivity index (χ4n) is 3.43. The molecule has 2 saturated heterocycles. The van der Waals surface area contributed by atoms with E-state index in [0.29, 0.717) is 17.6 Å². The number of benzene rings is 1. The van der Waals surface area contributed by atoms with Gasteiger partial charge in [-0.15, -0.1) is 0 Å². The van der Waals surface area contributed by atoms with Gasteiger partial charge in [0.1, 0.15) is 0 Å². The average molecular weight is 418 g/mol. The van der Waals surface area contributed by atoms with Gasteiger partial charge in [0.15, 0.2) is 0 Å². The molecular weight excluding hydrogens is 400 g/mol. The summed E-state index contributed by atoms with van der Waals surface area (Å²) in [5.41, 5.74) is 1.40. The maximum absolute atomic E-state index is 12.0. The molecule has 6 heteroatoms. The Kier molecular flexibility index (Phi) is 4.57.